The first-order valence-electron chi connectivity index (χ1n) is 8.44. The summed E-state index contributed by atoms with van der Waals surface area (Å²) >= 11 is 0. The number of ether oxygens (including phenoxy) is 1. The van der Waals surface area contributed by atoms with Gasteiger partial charge in [0.15, 0.2) is 0 Å². The number of rotatable bonds is 13. The normalized spacial score (nSPS) is 9.82. The fourth-order valence-electron chi connectivity index (χ4n) is 1.58. The lowest BCUT2D eigenvalue weighted by Crippen LogP contribution is -1.95. The minimum Gasteiger partial charge on any atom is -0.466 e. The van der Waals surface area contributed by atoms with Gasteiger partial charge in [0.1, 0.15) is 13.2 Å². The van der Waals surface area contributed by atoms with Crippen molar-refractivity contribution in [2.75, 3.05) is 19.8 Å². The zero-order valence-electron chi connectivity index (χ0n) is 14.8. The first-order chi connectivity index (χ1) is 10.6. The summed E-state index contributed by atoms with van der Waals surface area (Å²) in [6, 6.07) is 0. The number of carbonyl (C=O) groups is 1. The van der Waals surface area contributed by atoms with Gasteiger partial charge in [0, 0.05) is 11.5 Å². The first-order valence-corrected chi connectivity index (χ1v) is 9.54. The monoisotopic (exact) mass is 337 g/mol. The third-order valence-electron chi connectivity index (χ3n) is 2.74. The van der Waals surface area contributed by atoms with Gasteiger partial charge in [-0.15, -0.1) is 9.05 Å². The molecule has 0 rings (SSSR count). The van der Waals surface area contributed by atoms with E-state index in [0.717, 1.165) is 25.7 Å². The average Bonchev–Trinajstić information content (AvgIpc) is 2.47. The Morgan fingerprint density at radius 3 is 1.55 bits per heavy atom. The van der Waals surface area contributed by atoms with Crippen molar-refractivity contribution in [2.24, 2.45) is 0 Å². The molecule has 5 nitrogen and oxygen atoms in total. The van der Waals surface area contributed by atoms with Gasteiger partial charge in [0.25, 0.3) is 0 Å². The van der Waals surface area contributed by atoms with Crippen LogP contribution in [0.15, 0.2) is 0 Å². The van der Waals surface area contributed by atoms with Crippen LogP contribution in [-0.4, -0.2) is 25.8 Å². The molecule has 0 heterocycles. The molecule has 0 aromatic rings. The number of hydrogen-bond donors (Lipinski definition) is 0. The van der Waals surface area contributed by atoms with Crippen LogP contribution in [0.25, 0.3) is 0 Å². The summed E-state index contributed by atoms with van der Waals surface area (Å²) in [5.41, 5.74) is 0. The maximum Gasteiger partial charge on any atom is 0.697 e. The minimum absolute atomic E-state index is 0.211. The van der Waals surface area contributed by atoms with Crippen molar-refractivity contribution < 1.29 is 23.1 Å². The third-order valence-corrected chi connectivity index (χ3v) is 3.52. The Bertz CT molecular complexity index is 243. The van der Waals surface area contributed by atoms with Crippen LogP contribution >= 0.6 is 8.25 Å². The summed E-state index contributed by atoms with van der Waals surface area (Å²) in [6.45, 7) is 9.11. The van der Waals surface area contributed by atoms with Crippen molar-refractivity contribution in [2.45, 2.75) is 79.1 Å². The van der Waals surface area contributed by atoms with Crippen molar-refractivity contribution in [3.63, 3.8) is 0 Å². The molecular weight excluding hydrogens is 303 g/mol. The van der Waals surface area contributed by atoms with E-state index in [1.54, 1.807) is 6.92 Å². The van der Waals surface area contributed by atoms with Crippen molar-refractivity contribution >= 4 is 14.2 Å². The Kier molecular flexibility index (Phi) is 22.1. The zero-order chi connectivity index (χ0) is 17.1. The number of esters is 1. The average molecular weight is 337 g/mol. The summed E-state index contributed by atoms with van der Waals surface area (Å²) in [6.07, 6.45) is 9.12. The van der Waals surface area contributed by atoms with Gasteiger partial charge in [-0.25, -0.2) is 0 Å². The summed E-state index contributed by atoms with van der Waals surface area (Å²) in [7, 11) is -1.87. The summed E-state index contributed by atoms with van der Waals surface area (Å²) in [5.74, 6) is -0.211. The highest BCUT2D eigenvalue weighted by Crippen LogP contribution is 2.24. The molecule has 0 amide bonds. The second-order valence-corrected chi connectivity index (χ2v) is 5.90. The molecule has 0 aliphatic heterocycles. The van der Waals surface area contributed by atoms with Crippen LogP contribution in [0.1, 0.15) is 79.1 Å². The molecule has 0 bridgehead atoms. The molecule has 132 valence electrons. The predicted molar refractivity (Wildman–Crippen MR) is 90.1 cm³/mol. The molecule has 0 saturated heterocycles. The lowest BCUT2D eigenvalue weighted by molar-refractivity contribution is -0.140. The second-order valence-electron chi connectivity index (χ2n) is 4.94. The van der Waals surface area contributed by atoms with Crippen LogP contribution in [0, 0.1) is 0 Å². The standard InChI is InChI=1S/C12H26O3P.C4H8O2/c1-3-5-7-9-11-14-16(13)15-12-10-8-6-4-2;1-3-6-4(2)5/h3-12H2,1-2H3;3H2,1-2H3/q+1;. The van der Waals surface area contributed by atoms with Gasteiger partial charge in [-0.2, -0.15) is 0 Å². The molecule has 0 N–H and O–H groups in total. The van der Waals surface area contributed by atoms with E-state index in [-0.39, 0.29) is 5.97 Å². The van der Waals surface area contributed by atoms with Crippen LogP contribution in [0.3, 0.4) is 0 Å². The quantitative estimate of drug-likeness (QED) is 0.255. The van der Waals surface area contributed by atoms with Gasteiger partial charge in [-0.05, 0) is 19.8 Å². The van der Waals surface area contributed by atoms with Crippen molar-refractivity contribution in [3.8, 4) is 0 Å². The van der Waals surface area contributed by atoms with Gasteiger partial charge in [-0.1, -0.05) is 52.4 Å². The maximum atomic E-state index is 11.2. The molecule has 0 aromatic heterocycles. The minimum atomic E-state index is -1.87. The Balaban J connectivity index is 0. The van der Waals surface area contributed by atoms with E-state index in [1.807, 2.05) is 0 Å². The van der Waals surface area contributed by atoms with E-state index in [9.17, 15) is 9.36 Å². The summed E-state index contributed by atoms with van der Waals surface area (Å²) in [5, 5.41) is 0. The van der Waals surface area contributed by atoms with Crippen LogP contribution in [0.5, 0.6) is 0 Å². The molecule has 6 heteroatoms. The van der Waals surface area contributed by atoms with Crippen molar-refractivity contribution in [1.82, 2.24) is 0 Å². The molecule has 0 unspecified atom stereocenters. The topological polar surface area (TPSA) is 61.8 Å². The molecule has 0 aliphatic rings. The van der Waals surface area contributed by atoms with Gasteiger partial charge >= 0.3 is 14.2 Å². The maximum absolute atomic E-state index is 11.2. The molecule has 0 saturated carbocycles. The van der Waals surface area contributed by atoms with E-state index < -0.39 is 8.25 Å². The van der Waals surface area contributed by atoms with Crippen LogP contribution < -0.4 is 0 Å². The number of hydrogen-bond acceptors (Lipinski definition) is 5. The second kappa shape index (κ2) is 20.5. The van der Waals surface area contributed by atoms with Crippen molar-refractivity contribution in [1.29, 1.82) is 0 Å². The van der Waals surface area contributed by atoms with E-state index in [4.69, 9.17) is 9.05 Å². The van der Waals surface area contributed by atoms with Gasteiger partial charge in [-0.3, -0.25) is 4.79 Å². The molecule has 0 radical (unpaired) electrons. The number of carbonyl (C=O) groups excluding carboxylic acids is 1. The Labute approximate surface area is 137 Å². The third kappa shape index (κ3) is 24.5. The number of unbranched alkanes of at least 4 members (excludes halogenated alkanes) is 6. The fourth-order valence-corrected chi connectivity index (χ4v) is 2.21. The summed E-state index contributed by atoms with van der Waals surface area (Å²) in [4.78, 5) is 9.82. The molecule has 0 aliphatic carbocycles. The largest absolute Gasteiger partial charge is 0.697 e. The molecular formula is C16H34O5P+. The Hall–Kier alpha value is -0.510. The van der Waals surface area contributed by atoms with E-state index in [1.165, 1.54) is 32.6 Å². The summed E-state index contributed by atoms with van der Waals surface area (Å²) < 4.78 is 25.8. The molecule has 0 atom stereocenters. The molecule has 0 fully saturated rings. The molecule has 0 spiro atoms. The van der Waals surface area contributed by atoms with Gasteiger partial charge in [0.2, 0.25) is 0 Å². The van der Waals surface area contributed by atoms with Crippen molar-refractivity contribution in [3.05, 3.63) is 0 Å². The van der Waals surface area contributed by atoms with Gasteiger partial charge in [0.05, 0.1) is 6.61 Å². The lowest BCUT2D eigenvalue weighted by Gasteiger charge is -1.95. The molecule has 22 heavy (non-hydrogen) atoms. The van der Waals surface area contributed by atoms with E-state index >= 15 is 0 Å². The predicted octanol–water partition coefficient (Wildman–Crippen LogP) is 5.41. The zero-order valence-corrected chi connectivity index (χ0v) is 15.7. The van der Waals surface area contributed by atoms with E-state index in [2.05, 4.69) is 18.6 Å². The van der Waals surface area contributed by atoms with E-state index in [0.29, 0.717) is 19.8 Å². The lowest BCUT2D eigenvalue weighted by atomic mass is 10.2. The van der Waals surface area contributed by atoms with Gasteiger partial charge < -0.3 is 4.74 Å². The first kappa shape index (κ1) is 23.8. The highest BCUT2D eigenvalue weighted by atomic mass is 31.1. The highest BCUT2D eigenvalue weighted by Gasteiger charge is 2.18. The fraction of sp³-hybridized carbons (Fsp3) is 0.938. The van der Waals surface area contributed by atoms with Crippen LogP contribution in [-0.2, 0) is 23.1 Å². The molecule has 0 aromatic carbocycles. The smallest absolute Gasteiger partial charge is 0.466 e. The highest BCUT2D eigenvalue weighted by molar-refractivity contribution is 7.33. The Morgan fingerprint density at radius 2 is 1.27 bits per heavy atom. The SMILES string of the molecule is CCCCCCO[P+](=O)OCCCCCC.CCOC(C)=O. The Morgan fingerprint density at radius 1 is 0.818 bits per heavy atom. The van der Waals surface area contributed by atoms with Crippen LogP contribution in [0.2, 0.25) is 0 Å². The van der Waals surface area contributed by atoms with Crippen LogP contribution in [0.4, 0.5) is 0 Å².